The average Bonchev–Trinajstić information content (AvgIpc) is 2.64. The minimum absolute atomic E-state index is 0.187. The van der Waals surface area contributed by atoms with Crippen molar-refractivity contribution in [1.82, 2.24) is 4.72 Å². The molecule has 0 spiro atoms. The second-order valence-corrected chi connectivity index (χ2v) is 10.1. The molecule has 11 heteroatoms. The molecular formula is C18H30N2O7S2. The first-order valence-corrected chi connectivity index (χ1v) is 12.8. The van der Waals surface area contributed by atoms with Crippen molar-refractivity contribution in [2.45, 2.75) is 80.9 Å². The Labute approximate surface area is 172 Å². The third-order valence-electron chi connectivity index (χ3n) is 4.54. The van der Waals surface area contributed by atoms with Crippen LogP contribution in [-0.2, 0) is 20.1 Å². The van der Waals surface area contributed by atoms with Crippen LogP contribution < -0.4 is 4.72 Å². The highest BCUT2D eigenvalue weighted by molar-refractivity contribution is 7.89. The van der Waals surface area contributed by atoms with Gasteiger partial charge in [0.05, 0.1) is 9.82 Å². The molecule has 0 unspecified atom stereocenters. The Morgan fingerprint density at radius 3 is 1.93 bits per heavy atom. The lowest BCUT2D eigenvalue weighted by molar-refractivity contribution is -0.388. The van der Waals surface area contributed by atoms with E-state index in [0.717, 1.165) is 25.3 Å². The van der Waals surface area contributed by atoms with Crippen LogP contribution in [0.4, 0.5) is 5.69 Å². The molecule has 2 N–H and O–H groups in total. The lowest BCUT2D eigenvalue weighted by atomic mass is 10.1. The first-order valence-electron chi connectivity index (χ1n) is 9.85. The van der Waals surface area contributed by atoms with Crippen molar-refractivity contribution in [3.05, 3.63) is 28.3 Å². The number of benzene rings is 1. The van der Waals surface area contributed by atoms with Gasteiger partial charge in [0.1, 0.15) is 0 Å². The molecule has 0 atom stereocenters. The van der Waals surface area contributed by atoms with Gasteiger partial charge in [-0.25, -0.2) is 13.1 Å². The maximum atomic E-state index is 12.3. The summed E-state index contributed by atoms with van der Waals surface area (Å²) in [6, 6.07) is 2.25. The summed E-state index contributed by atoms with van der Waals surface area (Å²) in [5.74, 6) is 0. The highest BCUT2D eigenvalue weighted by Gasteiger charge is 2.27. The normalized spacial score (nSPS) is 12.2. The van der Waals surface area contributed by atoms with Crippen LogP contribution in [0.3, 0.4) is 0 Å². The molecule has 1 rings (SSSR count). The molecule has 0 saturated carbocycles. The van der Waals surface area contributed by atoms with E-state index in [1.807, 2.05) is 0 Å². The number of sulfonamides is 1. The fourth-order valence-corrected chi connectivity index (χ4v) is 4.66. The average molecular weight is 451 g/mol. The summed E-state index contributed by atoms with van der Waals surface area (Å²) in [4.78, 5) is 8.60. The molecule has 1 aromatic rings. The molecule has 0 heterocycles. The number of hydrogen-bond acceptors (Lipinski definition) is 6. The Morgan fingerprint density at radius 2 is 1.45 bits per heavy atom. The van der Waals surface area contributed by atoms with Crippen LogP contribution in [0.1, 0.15) is 71.1 Å². The van der Waals surface area contributed by atoms with E-state index in [9.17, 15) is 26.9 Å². The maximum absolute atomic E-state index is 12.3. The third-order valence-corrected chi connectivity index (χ3v) is 6.90. The van der Waals surface area contributed by atoms with Crippen LogP contribution in [0.5, 0.6) is 0 Å². The summed E-state index contributed by atoms with van der Waals surface area (Å²) < 4.78 is 58.3. The van der Waals surface area contributed by atoms with E-state index in [-0.39, 0.29) is 6.54 Å². The van der Waals surface area contributed by atoms with E-state index in [1.165, 1.54) is 38.5 Å². The van der Waals surface area contributed by atoms with Crippen LogP contribution in [0.15, 0.2) is 28.0 Å². The van der Waals surface area contributed by atoms with Gasteiger partial charge < -0.3 is 0 Å². The fraction of sp³-hybridized carbons (Fsp3) is 0.667. The molecule has 1 aromatic carbocycles. The predicted octanol–water partition coefficient (Wildman–Crippen LogP) is 4.04. The Balaban J connectivity index is 2.48. The zero-order valence-electron chi connectivity index (χ0n) is 16.7. The van der Waals surface area contributed by atoms with Gasteiger partial charge >= 0.3 is 10.1 Å². The summed E-state index contributed by atoms with van der Waals surface area (Å²) in [6.07, 6.45) is 11.1. The smallest absolute Gasteiger partial charge is 0.282 e. The van der Waals surface area contributed by atoms with Gasteiger partial charge in [0.15, 0.2) is 4.90 Å². The zero-order chi connectivity index (χ0) is 21.9. The number of rotatable bonds is 15. The molecule has 0 saturated heterocycles. The van der Waals surface area contributed by atoms with Crippen molar-refractivity contribution < 1.29 is 26.3 Å². The fourth-order valence-electron chi connectivity index (χ4n) is 2.93. The first kappa shape index (κ1) is 25.5. The van der Waals surface area contributed by atoms with E-state index >= 15 is 0 Å². The highest BCUT2D eigenvalue weighted by Crippen LogP contribution is 2.26. The Morgan fingerprint density at radius 1 is 0.931 bits per heavy atom. The first-order chi connectivity index (χ1) is 13.6. The molecule has 0 aromatic heterocycles. The molecule has 0 amide bonds. The van der Waals surface area contributed by atoms with Crippen LogP contribution in [-0.4, -0.2) is 32.9 Å². The van der Waals surface area contributed by atoms with E-state index < -0.39 is 40.5 Å². The molecule has 0 bridgehead atoms. The summed E-state index contributed by atoms with van der Waals surface area (Å²) in [6.45, 7) is 2.37. The van der Waals surface area contributed by atoms with E-state index in [4.69, 9.17) is 4.55 Å². The summed E-state index contributed by atoms with van der Waals surface area (Å²) >= 11 is 0. The van der Waals surface area contributed by atoms with Crippen LogP contribution >= 0.6 is 0 Å². The van der Waals surface area contributed by atoms with Crippen molar-refractivity contribution in [2.75, 3.05) is 6.54 Å². The SMILES string of the molecule is CCCCCCCCCCCCNS(=O)(=O)c1ccc(S(=O)(=O)O)c([N+](=O)[O-])c1. The lowest BCUT2D eigenvalue weighted by Gasteiger charge is -2.08. The van der Waals surface area contributed by atoms with Gasteiger partial charge in [0.25, 0.3) is 5.69 Å². The quantitative estimate of drug-likeness (QED) is 0.177. The number of nitrogens with zero attached hydrogens (tertiary/aromatic N) is 1. The largest absolute Gasteiger partial charge is 0.301 e. The van der Waals surface area contributed by atoms with Gasteiger partial charge in [-0.2, -0.15) is 8.42 Å². The Hall–Kier alpha value is -1.56. The number of hydrogen-bond donors (Lipinski definition) is 2. The molecule has 0 radical (unpaired) electrons. The van der Waals surface area contributed by atoms with Crippen molar-refractivity contribution in [3.8, 4) is 0 Å². The van der Waals surface area contributed by atoms with Crippen LogP contribution in [0.25, 0.3) is 0 Å². The van der Waals surface area contributed by atoms with Gasteiger partial charge in [-0.3, -0.25) is 14.7 Å². The van der Waals surface area contributed by atoms with Gasteiger partial charge in [0.2, 0.25) is 10.0 Å². The number of nitro benzene ring substituents is 1. The zero-order valence-corrected chi connectivity index (χ0v) is 18.3. The topological polar surface area (TPSA) is 144 Å². The Kier molecular flexibility index (Phi) is 10.7. The summed E-state index contributed by atoms with van der Waals surface area (Å²) in [7, 11) is -8.86. The standard InChI is InChI=1S/C18H30N2O7S2/c1-2-3-4-5-6-7-8-9-10-11-14-19-28(23,24)16-12-13-18(29(25,26)27)17(15-16)20(21)22/h12-13,15,19H,2-11,14H2,1H3,(H,25,26,27). The number of nitrogens with one attached hydrogen (secondary N) is 1. The van der Waals surface area contributed by atoms with E-state index in [0.29, 0.717) is 18.6 Å². The number of unbranched alkanes of at least 4 members (excludes halogenated alkanes) is 9. The van der Waals surface area contributed by atoms with Gasteiger partial charge in [0, 0.05) is 12.6 Å². The minimum Gasteiger partial charge on any atom is -0.282 e. The van der Waals surface area contributed by atoms with Crippen LogP contribution in [0.2, 0.25) is 0 Å². The van der Waals surface area contributed by atoms with E-state index in [1.54, 1.807) is 0 Å². The molecule has 0 aliphatic carbocycles. The molecule has 166 valence electrons. The van der Waals surface area contributed by atoms with Gasteiger partial charge in [-0.05, 0) is 18.6 Å². The Bertz CT molecular complexity index is 868. The second-order valence-electron chi connectivity index (χ2n) is 6.94. The van der Waals surface area contributed by atoms with Crippen molar-refractivity contribution in [1.29, 1.82) is 0 Å². The minimum atomic E-state index is -4.84. The third kappa shape index (κ3) is 9.20. The maximum Gasteiger partial charge on any atom is 0.301 e. The van der Waals surface area contributed by atoms with Gasteiger partial charge in [-0.1, -0.05) is 64.7 Å². The predicted molar refractivity (Wildman–Crippen MR) is 110 cm³/mol. The van der Waals surface area contributed by atoms with Crippen molar-refractivity contribution >= 4 is 25.8 Å². The summed E-state index contributed by atoms with van der Waals surface area (Å²) in [5, 5.41) is 11.0. The highest BCUT2D eigenvalue weighted by atomic mass is 32.2. The molecule has 29 heavy (non-hydrogen) atoms. The second kappa shape index (κ2) is 12.2. The molecule has 0 aliphatic rings. The van der Waals surface area contributed by atoms with Crippen molar-refractivity contribution in [3.63, 3.8) is 0 Å². The van der Waals surface area contributed by atoms with E-state index in [2.05, 4.69) is 11.6 Å². The molecule has 0 fully saturated rings. The number of nitro groups is 1. The molecule has 9 nitrogen and oxygen atoms in total. The molecular weight excluding hydrogens is 420 g/mol. The monoisotopic (exact) mass is 450 g/mol. The van der Waals surface area contributed by atoms with Gasteiger partial charge in [-0.15, -0.1) is 0 Å². The lowest BCUT2D eigenvalue weighted by Crippen LogP contribution is -2.25. The summed E-state index contributed by atoms with van der Waals surface area (Å²) in [5.41, 5.74) is -0.991. The van der Waals surface area contributed by atoms with Crippen molar-refractivity contribution in [2.24, 2.45) is 0 Å². The van der Waals surface area contributed by atoms with Crippen LogP contribution in [0, 0.1) is 10.1 Å². The molecule has 0 aliphatic heterocycles.